The van der Waals surface area contributed by atoms with Gasteiger partial charge in [0.15, 0.2) is 0 Å². The second kappa shape index (κ2) is 14.5. The molecule has 0 bridgehead atoms. The number of amides is 3. The number of hydrogen-bond acceptors (Lipinski definition) is 4. The molecule has 4 rings (SSSR count). The molecule has 6 nitrogen and oxygen atoms in total. The molecule has 0 aliphatic heterocycles. The van der Waals surface area contributed by atoms with Crippen LogP contribution in [0.4, 0.5) is 11.4 Å². The molecule has 0 saturated heterocycles. The summed E-state index contributed by atoms with van der Waals surface area (Å²) in [7, 11) is 0. The summed E-state index contributed by atoms with van der Waals surface area (Å²) in [6.07, 6.45) is 1.63. The van der Waals surface area contributed by atoms with E-state index in [4.69, 9.17) is 0 Å². The van der Waals surface area contributed by atoms with E-state index in [0.717, 1.165) is 20.6 Å². The van der Waals surface area contributed by atoms with Crippen molar-refractivity contribution in [2.45, 2.75) is 24.7 Å². The number of thioether (sulfide) groups is 1. The standard InChI is InChI=1S/C33H30BrN3O3S/c1-22(2)24-10-14-27(15-11-24)35-31(38)21-41-29-18-16-28(17-19-29)36-33(40)30(20-23-8-12-26(34)13-9-23)37-32(39)25-6-4-3-5-7-25/h3-20,22H,21H2,1-2H3,(H,35,38)(H,36,40)(H,37,39)/b30-20-. The van der Waals surface area contributed by atoms with Crippen molar-refractivity contribution >= 4 is 62.9 Å². The fourth-order valence-corrected chi connectivity index (χ4v) is 4.76. The van der Waals surface area contributed by atoms with Crippen LogP contribution in [0.5, 0.6) is 0 Å². The van der Waals surface area contributed by atoms with Gasteiger partial charge in [0.25, 0.3) is 11.8 Å². The van der Waals surface area contributed by atoms with Crippen molar-refractivity contribution in [3.63, 3.8) is 0 Å². The Hall–Kier alpha value is -4.14. The van der Waals surface area contributed by atoms with Gasteiger partial charge < -0.3 is 16.0 Å². The van der Waals surface area contributed by atoms with Gasteiger partial charge in [0, 0.05) is 26.3 Å². The highest BCUT2D eigenvalue weighted by atomic mass is 79.9. The van der Waals surface area contributed by atoms with Crippen LogP contribution < -0.4 is 16.0 Å². The fourth-order valence-electron chi connectivity index (χ4n) is 3.80. The van der Waals surface area contributed by atoms with E-state index < -0.39 is 5.91 Å². The average molecular weight is 629 g/mol. The van der Waals surface area contributed by atoms with Crippen molar-refractivity contribution in [2.75, 3.05) is 16.4 Å². The molecule has 0 unspecified atom stereocenters. The van der Waals surface area contributed by atoms with E-state index >= 15 is 0 Å². The Morgan fingerprint density at radius 3 is 2.02 bits per heavy atom. The van der Waals surface area contributed by atoms with Crippen molar-refractivity contribution in [3.05, 3.63) is 130 Å². The Balaban J connectivity index is 1.37. The van der Waals surface area contributed by atoms with E-state index in [-0.39, 0.29) is 23.3 Å². The second-order valence-electron chi connectivity index (χ2n) is 9.52. The molecule has 0 heterocycles. The van der Waals surface area contributed by atoms with Crippen molar-refractivity contribution in [3.8, 4) is 0 Å². The number of nitrogens with one attached hydrogen (secondary N) is 3. The zero-order valence-corrected chi connectivity index (χ0v) is 25.1. The third-order valence-corrected chi connectivity index (χ3v) is 7.59. The van der Waals surface area contributed by atoms with Crippen LogP contribution in [0, 0.1) is 0 Å². The molecule has 0 spiro atoms. The number of carbonyl (C=O) groups excluding carboxylic acids is 3. The van der Waals surface area contributed by atoms with Crippen LogP contribution in [0.2, 0.25) is 0 Å². The minimum atomic E-state index is -0.458. The molecule has 0 aromatic heterocycles. The highest BCUT2D eigenvalue weighted by molar-refractivity contribution is 9.10. The van der Waals surface area contributed by atoms with Crippen LogP contribution in [-0.2, 0) is 9.59 Å². The molecule has 41 heavy (non-hydrogen) atoms. The maximum Gasteiger partial charge on any atom is 0.272 e. The van der Waals surface area contributed by atoms with Gasteiger partial charge in [-0.3, -0.25) is 14.4 Å². The van der Waals surface area contributed by atoms with Crippen LogP contribution >= 0.6 is 27.7 Å². The summed E-state index contributed by atoms with van der Waals surface area (Å²) in [6, 6.07) is 31.2. The number of hydrogen-bond donors (Lipinski definition) is 3. The highest BCUT2D eigenvalue weighted by Crippen LogP contribution is 2.22. The Morgan fingerprint density at radius 2 is 1.39 bits per heavy atom. The molecule has 3 amide bonds. The molecular formula is C33H30BrN3O3S. The topological polar surface area (TPSA) is 87.3 Å². The van der Waals surface area contributed by atoms with Gasteiger partial charge in [0.2, 0.25) is 5.91 Å². The first-order valence-corrected chi connectivity index (χ1v) is 14.8. The van der Waals surface area contributed by atoms with Crippen molar-refractivity contribution in [1.29, 1.82) is 0 Å². The predicted octanol–water partition coefficient (Wildman–Crippen LogP) is 7.71. The molecule has 0 radical (unpaired) electrons. The van der Waals surface area contributed by atoms with E-state index in [0.29, 0.717) is 17.2 Å². The first-order valence-electron chi connectivity index (χ1n) is 13.0. The fraction of sp³-hybridized carbons (Fsp3) is 0.121. The van der Waals surface area contributed by atoms with E-state index in [2.05, 4.69) is 45.7 Å². The molecule has 0 aliphatic carbocycles. The van der Waals surface area contributed by atoms with E-state index in [9.17, 15) is 14.4 Å². The summed E-state index contributed by atoms with van der Waals surface area (Å²) in [5.41, 5.74) is 3.86. The lowest BCUT2D eigenvalue weighted by molar-refractivity contribution is -0.114. The van der Waals surface area contributed by atoms with Crippen molar-refractivity contribution in [2.24, 2.45) is 0 Å². The Kier molecular flexibility index (Phi) is 10.5. The number of halogens is 1. The van der Waals surface area contributed by atoms with Crippen LogP contribution in [0.3, 0.4) is 0 Å². The van der Waals surface area contributed by atoms with Crippen molar-refractivity contribution < 1.29 is 14.4 Å². The molecular weight excluding hydrogens is 598 g/mol. The van der Waals surface area contributed by atoms with E-state index in [1.807, 2.05) is 66.7 Å². The van der Waals surface area contributed by atoms with Gasteiger partial charge in [-0.2, -0.15) is 0 Å². The van der Waals surface area contributed by atoms with Crippen LogP contribution in [0.15, 0.2) is 118 Å². The molecule has 208 valence electrons. The van der Waals surface area contributed by atoms with Gasteiger partial charge in [0.05, 0.1) is 5.75 Å². The quantitative estimate of drug-likeness (QED) is 0.124. The van der Waals surface area contributed by atoms with Crippen LogP contribution in [0.1, 0.15) is 41.3 Å². The second-order valence-corrected chi connectivity index (χ2v) is 11.5. The third kappa shape index (κ3) is 9.20. The molecule has 0 saturated carbocycles. The number of carbonyl (C=O) groups is 3. The zero-order chi connectivity index (χ0) is 29.2. The average Bonchev–Trinajstić information content (AvgIpc) is 2.98. The molecule has 0 atom stereocenters. The lowest BCUT2D eigenvalue weighted by Crippen LogP contribution is -2.30. The number of anilines is 2. The van der Waals surface area contributed by atoms with Gasteiger partial charge in [0.1, 0.15) is 5.70 Å². The minimum Gasteiger partial charge on any atom is -0.325 e. The van der Waals surface area contributed by atoms with Crippen LogP contribution in [0.25, 0.3) is 6.08 Å². The van der Waals surface area contributed by atoms with E-state index in [1.54, 1.807) is 42.5 Å². The zero-order valence-electron chi connectivity index (χ0n) is 22.7. The summed E-state index contributed by atoms with van der Waals surface area (Å²) >= 11 is 4.81. The molecule has 0 fully saturated rings. The summed E-state index contributed by atoms with van der Waals surface area (Å²) in [6.45, 7) is 4.26. The molecule has 8 heteroatoms. The van der Waals surface area contributed by atoms with Gasteiger partial charge >= 0.3 is 0 Å². The summed E-state index contributed by atoms with van der Waals surface area (Å²) in [4.78, 5) is 39.3. The monoisotopic (exact) mass is 627 g/mol. The molecule has 4 aromatic carbocycles. The SMILES string of the molecule is CC(C)c1ccc(NC(=O)CSc2ccc(NC(=O)/C(=C/c3ccc(Br)cc3)NC(=O)c3ccccc3)cc2)cc1. The predicted molar refractivity (Wildman–Crippen MR) is 171 cm³/mol. The number of benzene rings is 4. The first-order chi connectivity index (χ1) is 19.8. The largest absolute Gasteiger partial charge is 0.325 e. The molecule has 0 aliphatic rings. The van der Waals surface area contributed by atoms with Crippen molar-refractivity contribution in [1.82, 2.24) is 5.32 Å². The maximum absolute atomic E-state index is 13.2. The summed E-state index contributed by atoms with van der Waals surface area (Å²) < 4.78 is 0.907. The van der Waals surface area contributed by atoms with Gasteiger partial charge in [-0.1, -0.05) is 72.2 Å². The summed E-state index contributed by atoms with van der Waals surface area (Å²) in [5, 5.41) is 8.51. The lowest BCUT2D eigenvalue weighted by atomic mass is 10.0. The van der Waals surface area contributed by atoms with Gasteiger partial charge in [-0.15, -0.1) is 11.8 Å². The maximum atomic E-state index is 13.2. The molecule has 3 N–H and O–H groups in total. The van der Waals surface area contributed by atoms with Gasteiger partial charge in [-0.25, -0.2) is 0 Å². The third-order valence-electron chi connectivity index (χ3n) is 6.05. The normalized spacial score (nSPS) is 11.2. The smallest absolute Gasteiger partial charge is 0.272 e. The summed E-state index contributed by atoms with van der Waals surface area (Å²) in [5.74, 6) is -0.249. The lowest BCUT2D eigenvalue weighted by Gasteiger charge is -2.12. The van der Waals surface area contributed by atoms with E-state index in [1.165, 1.54) is 17.3 Å². The highest BCUT2D eigenvalue weighted by Gasteiger charge is 2.15. The number of rotatable bonds is 10. The minimum absolute atomic E-state index is 0.0958. The molecule has 4 aromatic rings. The van der Waals surface area contributed by atoms with Crippen LogP contribution in [-0.4, -0.2) is 23.5 Å². The Morgan fingerprint density at radius 1 is 0.780 bits per heavy atom. The first kappa shape index (κ1) is 29.8. The Bertz CT molecular complexity index is 1520. The Labute approximate surface area is 252 Å². The van der Waals surface area contributed by atoms with Gasteiger partial charge in [-0.05, 0) is 83.8 Å².